The fourth-order valence-electron chi connectivity index (χ4n) is 1.44. The van der Waals surface area contributed by atoms with Gasteiger partial charge in [-0.15, -0.1) is 0 Å². The summed E-state index contributed by atoms with van der Waals surface area (Å²) < 4.78 is 41.8. The van der Waals surface area contributed by atoms with Crippen LogP contribution in [0.1, 0.15) is 15.2 Å². The van der Waals surface area contributed by atoms with E-state index < -0.39 is 17.7 Å². The Morgan fingerprint density at radius 3 is 2.48 bits per heavy atom. The van der Waals surface area contributed by atoms with Gasteiger partial charge in [0.25, 0.3) is 0 Å². The van der Waals surface area contributed by atoms with Crippen molar-refractivity contribution < 1.29 is 22.7 Å². The number of hydrogen-bond donors (Lipinski definition) is 1. The first-order valence-electron chi connectivity index (χ1n) is 5.50. The van der Waals surface area contributed by atoms with E-state index in [0.717, 1.165) is 23.5 Å². The van der Waals surface area contributed by atoms with Gasteiger partial charge in [-0.05, 0) is 24.3 Å². The van der Waals surface area contributed by atoms with Gasteiger partial charge in [0.2, 0.25) is 0 Å². The summed E-state index contributed by atoms with van der Waals surface area (Å²) in [7, 11) is 1.21. The molecule has 0 radical (unpaired) electrons. The first-order chi connectivity index (χ1) is 9.81. The van der Waals surface area contributed by atoms with E-state index in [1.165, 1.54) is 19.2 Å². The Balaban J connectivity index is 2.17. The van der Waals surface area contributed by atoms with Crippen LogP contribution < -0.4 is 5.32 Å². The number of benzene rings is 1. The number of anilines is 2. The molecule has 1 aromatic heterocycles. The zero-order valence-corrected chi connectivity index (χ0v) is 12.1. The van der Waals surface area contributed by atoms with Crippen molar-refractivity contribution in [3.8, 4) is 0 Å². The molecule has 1 aromatic carbocycles. The van der Waals surface area contributed by atoms with E-state index in [4.69, 9.17) is 11.6 Å². The fraction of sp³-hybridized carbons (Fsp3) is 0.167. The summed E-state index contributed by atoms with van der Waals surface area (Å²) in [6, 6.07) is 4.41. The number of aromatic nitrogens is 1. The van der Waals surface area contributed by atoms with Crippen LogP contribution in [-0.4, -0.2) is 18.1 Å². The zero-order valence-electron chi connectivity index (χ0n) is 10.5. The summed E-state index contributed by atoms with van der Waals surface area (Å²) in [5, 5.41) is 3.02. The van der Waals surface area contributed by atoms with Crippen molar-refractivity contribution in [2.45, 2.75) is 6.18 Å². The van der Waals surface area contributed by atoms with Crippen LogP contribution >= 0.6 is 22.9 Å². The molecule has 4 nitrogen and oxygen atoms in total. The highest BCUT2D eigenvalue weighted by molar-refractivity contribution is 7.18. The molecule has 0 aliphatic carbocycles. The maximum absolute atomic E-state index is 12.4. The van der Waals surface area contributed by atoms with Crippen molar-refractivity contribution in [3.05, 3.63) is 39.9 Å². The van der Waals surface area contributed by atoms with E-state index >= 15 is 0 Å². The summed E-state index contributed by atoms with van der Waals surface area (Å²) in [5.74, 6) is -0.627. The third-order valence-electron chi connectivity index (χ3n) is 2.42. The van der Waals surface area contributed by atoms with Gasteiger partial charge < -0.3 is 10.1 Å². The van der Waals surface area contributed by atoms with Crippen LogP contribution in [0, 0.1) is 0 Å². The van der Waals surface area contributed by atoms with Gasteiger partial charge >= 0.3 is 12.1 Å². The second-order valence-electron chi connectivity index (χ2n) is 3.83. The SMILES string of the molecule is COC(=O)c1sc(Nc2ccc(C(F)(F)F)cc2)nc1Cl. The summed E-state index contributed by atoms with van der Waals surface area (Å²) in [5.41, 5.74) is -0.356. The Labute approximate surface area is 126 Å². The number of esters is 1. The van der Waals surface area contributed by atoms with Gasteiger partial charge in [-0.25, -0.2) is 9.78 Å². The molecule has 0 aliphatic rings. The van der Waals surface area contributed by atoms with Gasteiger partial charge in [0, 0.05) is 5.69 Å². The lowest BCUT2D eigenvalue weighted by molar-refractivity contribution is -0.137. The Morgan fingerprint density at radius 2 is 1.95 bits per heavy atom. The summed E-state index contributed by atoms with van der Waals surface area (Å²) in [6.07, 6.45) is -4.39. The highest BCUT2D eigenvalue weighted by Crippen LogP contribution is 2.32. The number of ether oxygens (including phenoxy) is 1. The molecular weight excluding hydrogens is 329 g/mol. The molecule has 2 aromatic rings. The minimum Gasteiger partial charge on any atom is -0.465 e. The third kappa shape index (κ3) is 3.64. The van der Waals surface area contributed by atoms with Gasteiger partial charge in [0.05, 0.1) is 12.7 Å². The lowest BCUT2D eigenvalue weighted by Crippen LogP contribution is -2.04. The third-order valence-corrected chi connectivity index (χ3v) is 3.76. The van der Waals surface area contributed by atoms with E-state index in [1.54, 1.807) is 0 Å². The molecule has 1 heterocycles. The van der Waals surface area contributed by atoms with Crippen molar-refractivity contribution in [1.82, 2.24) is 4.98 Å². The first-order valence-corrected chi connectivity index (χ1v) is 6.69. The van der Waals surface area contributed by atoms with Gasteiger partial charge in [-0.1, -0.05) is 22.9 Å². The number of methoxy groups -OCH3 is 1. The highest BCUT2D eigenvalue weighted by atomic mass is 35.5. The van der Waals surface area contributed by atoms with Crippen molar-refractivity contribution in [3.63, 3.8) is 0 Å². The van der Waals surface area contributed by atoms with Crippen LogP contribution in [-0.2, 0) is 10.9 Å². The molecule has 0 saturated heterocycles. The Bertz CT molecular complexity index is 656. The van der Waals surface area contributed by atoms with Gasteiger partial charge in [-0.3, -0.25) is 0 Å². The van der Waals surface area contributed by atoms with Crippen LogP contribution in [0.5, 0.6) is 0 Å². The molecule has 21 heavy (non-hydrogen) atoms. The van der Waals surface area contributed by atoms with E-state index in [-0.39, 0.29) is 15.2 Å². The minimum atomic E-state index is -4.39. The first kappa shape index (κ1) is 15.6. The van der Waals surface area contributed by atoms with Crippen molar-refractivity contribution >= 4 is 39.7 Å². The van der Waals surface area contributed by atoms with Crippen molar-refractivity contribution in [2.75, 3.05) is 12.4 Å². The lowest BCUT2D eigenvalue weighted by Gasteiger charge is -2.07. The highest BCUT2D eigenvalue weighted by Gasteiger charge is 2.30. The van der Waals surface area contributed by atoms with Crippen LogP contribution in [0.3, 0.4) is 0 Å². The maximum atomic E-state index is 12.4. The summed E-state index contributed by atoms with van der Waals surface area (Å²) in [4.78, 5) is 15.4. The van der Waals surface area contributed by atoms with E-state index in [1.807, 2.05) is 0 Å². The summed E-state index contributed by atoms with van der Waals surface area (Å²) in [6.45, 7) is 0. The molecule has 0 aliphatic heterocycles. The molecule has 0 spiro atoms. The average Bonchev–Trinajstić information content (AvgIpc) is 2.78. The average molecular weight is 337 g/mol. The molecule has 0 fully saturated rings. The van der Waals surface area contributed by atoms with Gasteiger partial charge in [0.1, 0.15) is 0 Å². The number of nitrogens with zero attached hydrogens (tertiary/aromatic N) is 1. The molecule has 9 heteroatoms. The topological polar surface area (TPSA) is 51.2 Å². The number of alkyl halides is 3. The monoisotopic (exact) mass is 336 g/mol. The number of carbonyl (C=O) groups excluding carboxylic acids is 1. The Morgan fingerprint density at radius 1 is 1.33 bits per heavy atom. The molecule has 2 rings (SSSR count). The number of thiazole rings is 1. The minimum absolute atomic E-state index is 0.0266. The van der Waals surface area contributed by atoms with Crippen LogP contribution in [0.25, 0.3) is 0 Å². The number of hydrogen-bond acceptors (Lipinski definition) is 5. The predicted octanol–water partition coefficient (Wildman–Crippen LogP) is 4.35. The maximum Gasteiger partial charge on any atom is 0.416 e. The molecule has 1 N–H and O–H groups in total. The number of nitrogens with one attached hydrogen (secondary N) is 1. The van der Waals surface area contributed by atoms with Crippen LogP contribution in [0.4, 0.5) is 24.0 Å². The Kier molecular flexibility index (Phi) is 4.38. The number of rotatable bonds is 3. The van der Waals surface area contributed by atoms with Crippen LogP contribution in [0.2, 0.25) is 5.15 Å². The number of carbonyl (C=O) groups is 1. The largest absolute Gasteiger partial charge is 0.465 e. The molecule has 0 saturated carbocycles. The smallest absolute Gasteiger partial charge is 0.416 e. The van der Waals surface area contributed by atoms with Gasteiger partial charge in [-0.2, -0.15) is 13.2 Å². The molecule has 0 atom stereocenters. The predicted molar refractivity (Wildman–Crippen MR) is 73.2 cm³/mol. The summed E-state index contributed by atoms with van der Waals surface area (Å²) >= 11 is 6.73. The van der Waals surface area contributed by atoms with Crippen molar-refractivity contribution in [2.24, 2.45) is 0 Å². The molecule has 112 valence electrons. The molecule has 0 amide bonds. The standard InChI is InChI=1S/C12H8ClF3N2O2S/c1-20-10(19)8-9(13)18-11(21-8)17-7-4-2-6(3-5-7)12(14,15)16/h2-5H,1H3,(H,17,18). The molecule has 0 unspecified atom stereocenters. The number of halogens is 4. The normalized spacial score (nSPS) is 11.3. The Hall–Kier alpha value is -1.80. The van der Waals surface area contributed by atoms with Crippen molar-refractivity contribution in [1.29, 1.82) is 0 Å². The fourth-order valence-corrected chi connectivity index (χ4v) is 2.56. The molecule has 0 bridgehead atoms. The second-order valence-corrected chi connectivity index (χ2v) is 5.19. The lowest BCUT2D eigenvalue weighted by atomic mass is 10.2. The van der Waals surface area contributed by atoms with E-state index in [0.29, 0.717) is 5.69 Å². The zero-order chi connectivity index (χ0) is 15.6. The van der Waals surface area contributed by atoms with E-state index in [2.05, 4.69) is 15.0 Å². The van der Waals surface area contributed by atoms with E-state index in [9.17, 15) is 18.0 Å². The second kappa shape index (κ2) is 5.90. The van der Waals surface area contributed by atoms with Gasteiger partial charge in [0.15, 0.2) is 15.2 Å². The van der Waals surface area contributed by atoms with Crippen LogP contribution in [0.15, 0.2) is 24.3 Å². The molecular formula is C12H8ClF3N2O2S. The quantitative estimate of drug-likeness (QED) is 0.847.